The van der Waals surface area contributed by atoms with Crippen LogP contribution in [0, 0.1) is 0 Å². The van der Waals surface area contributed by atoms with Crippen molar-refractivity contribution in [1.82, 2.24) is 14.8 Å². The normalized spacial score (nSPS) is 17.5. The number of fused-ring (bicyclic) bond motifs is 1. The zero-order valence-corrected chi connectivity index (χ0v) is 21.3. The highest BCUT2D eigenvalue weighted by atomic mass is 32.1. The molecule has 0 atom stereocenters. The van der Waals surface area contributed by atoms with Crippen LogP contribution in [-0.4, -0.2) is 58.4 Å². The summed E-state index contributed by atoms with van der Waals surface area (Å²) in [5, 5.41) is 0. The molecule has 0 saturated carbocycles. The number of aryl methyl sites for hydroxylation is 1. The topological polar surface area (TPSA) is 62.7 Å². The summed E-state index contributed by atoms with van der Waals surface area (Å²) in [5.74, 6) is 0.778. The predicted octanol–water partition coefficient (Wildman–Crippen LogP) is 5.29. The fourth-order valence-corrected chi connectivity index (χ4v) is 5.63. The van der Waals surface area contributed by atoms with Gasteiger partial charge in [-0.2, -0.15) is 0 Å². The molecule has 1 fully saturated rings. The Morgan fingerprint density at radius 2 is 1.83 bits per heavy atom. The highest BCUT2D eigenvalue weighted by Crippen LogP contribution is 2.40. The molecule has 3 aromatic rings. The van der Waals surface area contributed by atoms with Crippen molar-refractivity contribution in [3.05, 3.63) is 70.2 Å². The summed E-state index contributed by atoms with van der Waals surface area (Å²) in [6, 6.07) is 13.9. The summed E-state index contributed by atoms with van der Waals surface area (Å²) in [5.41, 5.74) is 4.40. The molecule has 2 aliphatic rings. The molecule has 1 saturated heterocycles. The minimum absolute atomic E-state index is 0.000890. The second-order valence-corrected chi connectivity index (χ2v) is 10.7. The molecule has 7 heteroatoms. The van der Waals surface area contributed by atoms with Crippen molar-refractivity contribution < 1.29 is 14.3 Å². The van der Waals surface area contributed by atoms with E-state index in [1.54, 1.807) is 21.7 Å². The monoisotopic (exact) mass is 489 g/mol. The Balaban J connectivity index is 1.31. The molecule has 6 nitrogen and oxygen atoms in total. The van der Waals surface area contributed by atoms with Gasteiger partial charge in [-0.25, -0.2) is 0 Å². The summed E-state index contributed by atoms with van der Waals surface area (Å²) in [6.45, 7) is 6.24. The van der Waals surface area contributed by atoms with Crippen LogP contribution >= 0.6 is 11.3 Å². The van der Waals surface area contributed by atoms with Crippen LogP contribution in [-0.2, 0) is 6.42 Å². The Bertz CT molecular complexity index is 1210. The second kappa shape index (κ2) is 9.55. The Labute approximate surface area is 210 Å². The number of hydrogen-bond acceptors (Lipinski definition) is 6. The molecule has 0 radical (unpaired) electrons. The molecule has 35 heavy (non-hydrogen) atoms. The van der Waals surface area contributed by atoms with Crippen molar-refractivity contribution in [1.29, 1.82) is 0 Å². The van der Waals surface area contributed by atoms with Gasteiger partial charge in [0.2, 0.25) is 0 Å². The van der Waals surface area contributed by atoms with Gasteiger partial charge >= 0.3 is 0 Å². The third-order valence-electron chi connectivity index (χ3n) is 7.36. The van der Waals surface area contributed by atoms with Crippen LogP contribution in [0.15, 0.2) is 54.2 Å². The van der Waals surface area contributed by atoms with Gasteiger partial charge in [0, 0.05) is 62.1 Å². The summed E-state index contributed by atoms with van der Waals surface area (Å²) in [4.78, 5) is 35.4. The van der Waals surface area contributed by atoms with E-state index < -0.39 is 5.72 Å². The van der Waals surface area contributed by atoms with E-state index in [1.807, 2.05) is 55.7 Å². The number of benzene rings is 2. The first kappa shape index (κ1) is 23.7. The first-order valence-corrected chi connectivity index (χ1v) is 13.1. The minimum atomic E-state index is -0.571. The fraction of sp³-hybridized carbons (Fsp3) is 0.393. The third-order valence-corrected chi connectivity index (χ3v) is 8.20. The lowest BCUT2D eigenvalue weighted by Crippen LogP contribution is -2.62. The zero-order chi connectivity index (χ0) is 24.6. The quantitative estimate of drug-likeness (QED) is 0.440. The van der Waals surface area contributed by atoms with Gasteiger partial charge in [-0.1, -0.05) is 30.3 Å². The average molecular weight is 490 g/mol. The van der Waals surface area contributed by atoms with E-state index in [0.717, 1.165) is 41.9 Å². The number of Topliss-reactive ketones (excluding diaryl/α,β-unsaturated/α-hetero) is 1. The summed E-state index contributed by atoms with van der Waals surface area (Å²) >= 11 is 1.57. The van der Waals surface area contributed by atoms with Crippen LogP contribution < -0.4 is 4.74 Å². The largest absolute Gasteiger partial charge is 0.467 e. The van der Waals surface area contributed by atoms with Gasteiger partial charge in [-0.3, -0.25) is 14.6 Å². The maximum atomic E-state index is 13.4. The first-order chi connectivity index (χ1) is 16.9. The molecule has 182 valence electrons. The van der Waals surface area contributed by atoms with Gasteiger partial charge in [0.15, 0.2) is 11.5 Å². The molecule has 1 aromatic heterocycles. The maximum absolute atomic E-state index is 13.4. The molecular weight excluding hydrogens is 458 g/mol. The van der Waals surface area contributed by atoms with E-state index in [-0.39, 0.29) is 11.7 Å². The van der Waals surface area contributed by atoms with Crippen molar-refractivity contribution in [2.75, 3.05) is 20.1 Å². The van der Waals surface area contributed by atoms with Crippen molar-refractivity contribution in [2.45, 2.75) is 51.3 Å². The number of amides is 1. The van der Waals surface area contributed by atoms with E-state index in [4.69, 9.17) is 4.74 Å². The van der Waals surface area contributed by atoms with E-state index in [1.165, 1.54) is 0 Å². The molecule has 0 bridgehead atoms. The lowest BCUT2D eigenvalue weighted by molar-refractivity contribution is -0.104. The first-order valence-electron chi connectivity index (χ1n) is 12.2. The number of ketones is 1. The van der Waals surface area contributed by atoms with Crippen LogP contribution in [0.25, 0.3) is 11.1 Å². The standard InChI is InChI=1S/C28H31N3O3S/c1-19(2)31-14-12-28(13-15-31)30(3)27(33)24-16-22(8-11-26(24)34-28)20-4-6-21(7-5-20)25(32)10-9-23-17-29-18-35-23/h4-8,11,16-19H,9-10,12-15H2,1-3H3. The number of carbonyl (C=O) groups excluding carboxylic acids is 2. The molecular formula is C28H31N3O3S. The average Bonchev–Trinajstić information content (AvgIpc) is 3.40. The minimum Gasteiger partial charge on any atom is -0.467 e. The van der Waals surface area contributed by atoms with Crippen molar-refractivity contribution >= 4 is 23.0 Å². The van der Waals surface area contributed by atoms with Crippen LogP contribution in [0.4, 0.5) is 0 Å². The summed E-state index contributed by atoms with van der Waals surface area (Å²) < 4.78 is 6.50. The summed E-state index contributed by atoms with van der Waals surface area (Å²) in [6.07, 6.45) is 4.59. The van der Waals surface area contributed by atoms with Gasteiger partial charge in [0.1, 0.15) is 5.75 Å². The molecule has 1 amide bonds. The van der Waals surface area contributed by atoms with E-state index in [9.17, 15) is 9.59 Å². The number of aromatic nitrogens is 1. The highest BCUT2D eigenvalue weighted by molar-refractivity contribution is 7.09. The third kappa shape index (κ3) is 4.62. The Hall–Kier alpha value is -3.03. The molecule has 2 aliphatic heterocycles. The molecule has 3 heterocycles. The van der Waals surface area contributed by atoms with E-state index in [0.29, 0.717) is 35.8 Å². The maximum Gasteiger partial charge on any atom is 0.260 e. The number of carbonyl (C=O) groups is 2. The van der Waals surface area contributed by atoms with Crippen LogP contribution in [0.2, 0.25) is 0 Å². The molecule has 2 aromatic carbocycles. The van der Waals surface area contributed by atoms with Gasteiger partial charge < -0.3 is 14.5 Å². The van der Waals surface area contributed by atoms with Crippen molar-refractivity contribution in [3.8, 4) is 16.9 Å². The molecule has 0 N–H and O–H groups in total. The zero-order valence-electron chi connectivity index (χ0n) is 20.5. The number of nitrogens with zero attached hydrogens (tertiary/aromatic N) is 3. The van der Waals surface area contributed by atoms with E-state index in [2.05, 4.69) is 23.7 Å². The lowest BCUT2D eigenvalue weighted by Gasteiger charge is -2.50. The van der Waals surface area contributed by atoms with E-state index >= 15 is 0 Å². The molecule has 0 aliphatic carbocycles. The summed E-state index contributed by atoms with van der Waals surface area (Å²) in [7, 11) is 1.86. The van der Waals surface area contributed by atoms with Crippen LogP contribution in [0.1, 0.15) is 58.7 Å². The fourth-order valence-electron chi connectivity index (χ4n) is 5.03. The Morgan fingerprint density at radius 1 is 1.11 bits per heavy atom. The van der Waals surface area contributed by atoms with Crippen molar-refractivity contribution in [3.63, 3.8) is 0 Å². The van der Waals surface area contributed by atoms with Crippen molar-refractivity contribution in [2.24, 2.45) is 0 Å². The van der Waals surface area contributed by atoms with Gasteiger partial charge in [-0.15, -0.1) is 11.3 Å². The highest BCUT2D eigenvalue weighted by Gasteiger charge is 2.47. The number of likely N-dealkylation sites (tertiary alicyclic amines) is 1. The lowest BCUT2D eigenvalue weighted by atomic mass is 9.93. The number of hydrogen-bond donors (Lipinski definition) is 0. The Kier molecular flexibility index (Phi) is 6.47. The molecule has 1 spiro atoms. The smallest absolute Gasteiger partial charge is 0.260 e. The SMILES string of the molecule is CC(C)N1CCC2(CC1)Oc1ccc(-c3ccc(C(=O)CCc4cncs4)cc3)cc1C(=O)N2C. The predicted molar refractivity (Wildman–Crippen MR) is 138 cm³/mol. The molecule has 0 unspecified atom stereocenters. The number of ether oxygens (including phenoxy) is 1. The molecule has 5 rings (SSSR count). The number of rotatable bonds is 6. The van der Waals surface area contributed by atoms with Gasteiger partial charge in [-0.05, 0) is 43.5 Å². The number of piperidine rings is 1. The van der Waals surface area contributed by atoms with Gasteiger partial charge in [0.05, 0.1) is 11.1 Å². The van der Waals surface area contributed by atoms with Gasteiger partial charge in [0.25, 0.3) is 5.91 Å². The van der Waals surface area contributed by atoms with Crippen LogP contribution in [0.3, 0.4) is 0 Å². The Morgan fingerprint density at radius 3 is 2.49 bits per heavy atom. The van der Waals surface area contributed by atoms with Crippen LogP contribution in [0.5, 0.6) is 5.75 Å². The number of thiazole rings is 1. The second-order valence-electron chi connectivity index (χ2n) is 9.72.